The van der Waals surface area contributed by atoms with Gasteiger partial charge in [0.2, 0.25) is 5.91 Å². The summed E-state index contributed by atoms with van der Waals surface area (Å²) in [4.78, 5) is 13.7. The van der Waals surface area contributed by atoms with Gasteiger partial charge in [-0.2, -0.15) is 0 Å². The zero-order chi connectivity index (χ0) is 14.4. The number of nitrogens with zero attached hydrogens (tertiary/aromatic N) is 1. The van der Waals surface area contributed by atoms with E-state index in [1.165, 1.54) is 0 Å². The van der Waals surface area contributed by atoms with E-state index in [0.717, 1.165) is 15.8 Å². The van der Waals surface area contributed by atoms with E-state index < -0.39 is 0 Å². The largest absolute Gasteiger partial charge is 0.496 e. The first-order valence-electron chi connectivity index (χ1n) is 6.26. The molecule has 0 saturated heterocycles. The number of carbonyl (C=O) groups is 1. The molecule has 0 saturated carbocycles. The average Bonchev–Trinajstić information content (AvgIpc) is 2.36. The molecule has 0 spiro atoms. The lowest BCUT2D eigenvalue weighted by Crippen LogP contribution is -2.28. The Kier molecular flexibility index (Phi) is 6.31. The Morgan fingerprint density at radius 3 is 2.79 bits per heavy atom. The highest BCUT2D eigenvalue weighted by Gasteiger charge is 2.13. The van der Waals surface area contributed by atoms with Gasteiger partial charge >= 0.3 is 0 Å². The van der Waals surface area contributed by atoms with Gasteiger partial charge in [0.15, 0.2) is 0 Å². The van der Waals surface area contributed by atoms with Crippen LogP contribution in [0.15, 0.2) is 22.7 Å². The van der Waals surface area contributed by atoms with Crippen molar-refractivity contribution in [2.45, 2.75) is 32.4 Å². The molecule has 0 aromatic heterocycles. The van der Waals surface area contributed by atoms with Crippen molar-refractivity contribution in [3.8, 4) is 5.75 Å². The first-order chi connectivity index (χ1) is 8.93. The lowest BCUT2D eigenvalue weighted by Gasteiger charge is -2.19. The van der Waals surface area contributed by atoms with Crippen molar-refractivity contribution in [3.05, 3.63) is 28.2 Å². The van der Waals surface area contributed by atoms with Crippen LogP contribution in [0.5, 0.6) is 5.75 Å². The topological polar surface area (TPSA) is 55.6 Å². The van der Waals surface area contributed by atoms with Crippen LogP contribution in [-0.2, 0) is 11.3 Å². The molecule has 0 bridgehead atoms. The minimum atomic E-state index is 0.0535. The van der Waals surface area contributed by atoms with Crippen LogP contribution in [0.4, 0.5) is 0 Å². The molecule has 0 aliphatic heterocycles. The van der Waals surface area contributed by atoms with E-state index >= 15 is 0 Å². The van der Waals surface area contributed by atoms with Crippen LogP contribution in [0.3, 0.4) is 0 Å². The van der Waals surface area contributed by atoms with E-state index in [-0.39, 0.29) is 11.9 Å². The highest BCUT2D eigenvalue weighted by Crippen LogP contribution is 2.24. The molecule has 1 atom stereocenters. The quantitative estimate of drug-likeness (QED) is 0.873. The molecule has 4 nitrogen and oxygen atoms in total. The fourth-order valence-electron chi connectivity index (χ4n) is 1.76. The highest BCUT2D eigenvalue weighted by atomic mass is 79.9. The van der Waals surface area contributed by atoms with Gasteiger partial charge in [-0.05, 0) is 31.5 Å². The minimum Gasteiger partial charge on any atom is -0.496 e. The van der Waals surface area contributed by atoms with E-state index in [1.54, 1.807) is 19.1 Å². The second-order valence-corrected chi connectivity index (χ2v) is 5.64. The van der Waals surface area contributed by atoms with Crippen LogP contribution in [0.25, 0.3) is 0 Å². The summed E-state index contributed by atoms with van der Waals surface area (Å²) in [5.74, 6) is 0.884. The zero-order valence-corrected chi connectivity index (χ0v) is 13.2. The third kappa shape index (κ3) is 5.20. The molecule has 5 heteroatoms. The molecule has 2 N–H and O–H groups in total. The van der Waals surface area contributed by atoms with Crippen LogP contribution in [-0.4, -0.2) is 31.0 Å². The van der Waals surface area contributed by atoms with Crippen molar-refractivity contribution >= 4 is 21.8 Å². The zero-order valence-electron chi connectivity index (χ0n) is 11.6. The number of amides is 1. The van der Waals surface area contributed by atoms with Gasteiger partial charge in [-0.1, -0.05) is 15.9 Å². The van der Waals surface area contributed by atoms with Crippen molar-refractivity contribution in [1.29, 1.82) is 0 Å². The molecule has 1 unspecified atom stereocenters. The first kappa shape index (κ1) is 16.0. The van der Waals surface area contributed by atoms with Crippen molar-refractivity contribution < 1.29 is 9.53 Å². The molecule has 0 heterocycles. The summed E-state index contributed by atoms with van der Waals surface area (Å²) in [7, 11) is 3.43. The molecule has 1 aromatic carbocycles. The SMILES string of the molecule is COc1ccc(Br)cc1CN(C)C(=O)CCC(C)N. The van der Waals surface area contributed by atoms with E-state index in [2.05, 4.69) is 15.9 Å². The van der Waals surface area contributed by atoms with Gasteiger partial charge in [0.1, 0.15) is 5.75 Å². The highest BCUT2D eigenvalue weighted by molar-refractivity contribution is 9.10. The summed E-state index contributed by atoms with van der Waals surface area (Å²) in [6.07, 6.45) is 1.18. The second-order valence-electron chi connectivity index (χ2n) is 4.72. The number of hydrogen-bond acceptors (Lipinski definition) is 3. The maximum absolute atomic E-state index is 12.0. The summed E-state index contributed by atoms with van der Waals surface area (Å²) in [6.45, 7) is 2.44. The summed E-state index contributed by atoms with van der Waals surface area (Å²) in [5.41, 5.74) is 6.64. The number of hydrogen-bond donors (Lipinski definition) is 1. The molecule has 0 aliphatic carbocycles. The second kappa shape index (κ2) is 7.50. The van der Waals surface area contributed by atoms with Gasteiger partial charge in [-0.15, -0.1) is 0 Å². The van der Waals surface area contributed by atoms with Gasteiger partial charge in [0, 0.05) is 36.1 Å². The van der Waals surface area contributed by atoms with Crippen LogP contribution in [0.1, 0.15) is 25.3 Å². The van der Waals surface area contributed by atoms with E-state index in [0.29, 0.717) is 19.4 Å². The number of halogens is 1. The fraction of sp³-hybridized carbons (Fsp3) is 0.500. The third-order valence-electron chi connectivity index (χ3n) is 2.89. The lowest BCUT2D eigenvalue weighted by atomic mass is 10.1. The van der Waals surface area contributed by atoms with Crippen LogP contribution in [0.2, 0.25) is 0 Å². The summed E-state index contributed by atoms with van der Waals surface area (Å²) in [6, 6.07) is 5.83. The molecule has 1 rings (SSSR count). The van der Waals surface area contributed by atoms with Crippen molar-refractivity contribution in [2.75, 3.05) is 14.2 Å². The molecule has 0 fully saturated rings. The molecule has 1 amide bonds. The van der Waals surface area contributed by atoms with E-state index in [1.807, 2.05) is 25.1 Å². The Morgan fingerprint density at radius 2 is 2.21 bits per heavy atom. The van der Waals surface area contributed by atoms with Gasteiger partial charge in [-0.25, -0.2) is 0 Å². The normalized spacial score (nSPS) is 12.1. The third-order valence-corrected chi connectivity index (χ3v) is 3.38. The van der Waals surface area contributed by atoms with Gasteiger partial charge in [0.25, 0.3) is 0 Å². The molecule has 1 aromatic rings. The van der Waals surface area contributed by atoms with E-state index in [4.69, 9.17) is 10.5 Å². The molecule has 106 valence electrons. The monoisotopic (exact) mass is 328 g/mol. The summed E-state index contributed by atoms with van der Waals surface area (Å²) < 4.78 is 6.27. The van der Waals surface area contributed by atoms with Gasteiger partial charge < -0.3 is 15.4 Å². The maximum atomic E-state index is 12.0. The number of methoxy groups -OCH3 is 1. The number of ether oxygens (including phenoxy) is 1. The number of rotatable bonds is 6. The van der Waals surface area contributed by atoms with Crippen LogP contribution < -0.4 is 10.5 Å². The van der Waals surface area contributed by atoms with Gasteiger partial charge in [0.05, 0.1) is 7.11 Å². The number of carbonyl (C=O) groups excluding carboxylic acids is 1. The Balaban J connectivity index is 2.68. The summed E-state index contributed by atoms with van der Waals surface area (Å²) in [5, 5.41) is 0. The molecule has 0 aliphatic rings. The summed E-state index contributed by atoms with van der Waals surface area (Å²) >= 11 is 3.43. The van der Waals surface area contributed by atoms with Crippen molar-refractivity contribution in [1.82, 2.24) is 4.90 Å². The van der Waals surface area contributed by atoms with Crippen molar-refractivity contribution in [3.63, 3.8) is 0 Å². The number of nitrogens with two attached hydrogens (primary N) is 1. The number of benzene rings is 1. The van der Waals surface area contributed by atoms with E-state index in [9.17, 15) is 4.79 Å². The van der Waals surface area contributed by atoms with Crippen LogP contribution in [0, 0.1) is 0 Å². The molecular weight excluding hydrogens is 308 g/mol. The Morgan fingerprint density at radius 1 is 1.53 bits per heavy atom. The molecule has 19 heavy (non-hydrogen) atoms. The maximum Gasteiger partial charge on any atom is 0.222 e. The molecule has 0 radical (unpaired) electrons. The van der Waals surface area contributed by atoms with Gasteiger partial charge in [-0.3, -0.25) is 4.79 Å². The molecular formula is C14H21BrN2O2. The smallest absolute Gasteiger partial charge is 0.222 e. The standard InChI is InChI=1S/C14H21BrN2O2/c1-10(16)4-7-14(18)17(2)9-11-8-12(15)5-6-13(11)19-3/h5-6,8,10H,4,7,9,16H2,1-3H3. The van der Waals surface area contributed by atoms with Crippen LogP contribution >= 0.6 is 15.9 Å². The average molecular weight is 329 g/mol. The lowest BCUT2D eigenvalue weighted by molar-refractivity contribution is -0.130. The Bertz CT molecular complexity index is 435. The Labute approximate surface area is 123 Å². The fourth-order valence-corrected chi connectivity index (χ4v) is 2.16. The Hall–Kier alpha value is -1.07. The minimum absolute atomic E-state index is 0.0535. The van der Waals surface area contributed by atoms with Crippen molar-refractivity contribution in [2.24, 2.45) is 5.73 Å². The first-order valence-corrected chi connectivity index (χ1v) is 7.05. The predicted molar refractivity (Wildman–Crippen MR) is 80.1 cm³/mol. The predicted octanol–water partition coefficient (Wildman–Crippen LogP) is 2.54.